The van der Waals surface area contributed by atoms with Crippen molar-refractivity contribution >= 4 is 5.78 Å². The summed E-state index contributed by atoms with van der Waals surface area (Å²) in [5.41, 5.74) is 1.56. The quantitative estimate of drug-likeness (QED) is 0.525. The average molecular weight is 328 g/mol. The van der Waals surface area contributed by atoms with Gasteiger partial charge in [0.1, 0.15) is 0 Å². The lowest BCUT2D eigenvalue weighted by molar-refractivity contribution is -0.115. The molecule has 0 bridgehead atoms. The number of aliphatic hydroxyl groups is 1. The highest BCUT2D eigenvalue weighted by atomic mass is 16.3. The molecule has 1 N–H and O–H groups in total. The second-order valence-corrected chi connectivity index (χ2v) is 8.68. The van der Waals surface area contributed by atoms with Gasteiger partial charge in [-0.3, -0.25) is 4.79 Å². The molecule has 3 aliphatic carbocycles. The van der Waals surface area contributed by atoms with Gasteiger partial charge in [-0.05, 0) is 61.9 Å². The molecule has 0 spiro atoms. The number of hydrogen-bond acceptors (Lipinski definition) is 2. The lowest BCUT2D eigenvalue weighted by Gasteiger charge is -2.31. The third-order valence-corrected chi connectivity index (χ3v) is 6.84. The molecule has 0 heterocycles. The number of rotatable bonds is 8. The highest BCUT2D eigenvalue weighted by Gasteiger charge is 2.57. The van der Waals surface area contributed by atoms with Crippen LogP contribution in [0.3, 0.4) is 0 Å². The summed E-state index contributed by atoms with van der Waals surface area (Å²) in [5.74, 6) is 5.78. The van der Waals surface area contributed by atoms with Crippen LogP contribution in [0.1, 0.15) is 71.1 Å². The molecule has 2 nitrogen and oxygen atoms in total. The zero-order valence-electron chi connectivity index (χ0n) is 15.1. The minimum Gasteiger partial charge on any atom is -0.396 e. The van der Waals surface area contributed by atoms with E-state index in [1.807, 2.05) is 0 Å². The van der Waals surface area contributed by atoms with Crippen molar-refractivity contribution in [1.82, 2.24) is 0 Å². The Morgan fingerprint density at radius 2 is 2.21 bits per heavy atom. The van der Waals surface area contributed by atoms with Gasteiger partial charge >= 0.3 is 0 Å². The summed E-state index contributed by atoms with van der Waals surface area (Å²) in [6.45, 7) is 2.58. The SMILES string of the molecule is C#C[C@H]1[C@H]2C[C@H]2C[C@]1(C)CCCCC[C@@H](CO)C1=CC(=O)CCC1. The Hall–Kier alpha value is -1.07. The second-order valence-electron chi connectivity index (χ2n) is 8.68. The summed E-state index contributed by atoms with van der Waals surface area (Å²) in [5, 5.41) is 9.66. The van der Waals surface area contributed by atoms with E-state index in [4.69, 9.17) is 6.42 Å². The van der Waals surface area contributed by atoms with Gasteiger partial charge in [0.25, 0.3) is 0 Å². The van der Waals surface area contributed by atoms with Crippen LogP contribution in [0.2, 0.25) is 0 Å². The summed E-state index contributed by atoms with van der Waals surface area (Å²) in [6.07, 6.45) is 18.8. The number of unbranched alkanes of at least 4 members (excludes halogenated alkanes) is 2. The standard InChI is InChI=1S/C22H32O2/c1-3-21-20-13-18(20)14-22(21,2)11-6-4-5-8-17(15-23)16-9-7-10-19(24)12-16/h1,12,17-18,20-21,23H,4-11,13-15H2,2H3/t17-,18-,20-,21-,22-/m0/s1. The van der Waals surface area contributed by atoms with Crippen molar-refractivity contribution < 1.29 is 9.90 Å². The molecule has 0 aromatic carbocycles. The van der Waals surface area contributed by atoms with Crippen LogP contribution < -0.4 is 0 Å². The summed E-state index contributed by atoms with van der Waals surface area (Å²) in [7, 11) is 0. The second kappa shape index (κ2) is 7.44. The molecule has 24 heavy (non-hydrogen) atoms. The fourth-order valence-electron chi connectivity index (χ4n) is 5.37. The van der Waals surface area contributed by atoms with Gasteiger partial charge in [-0.25, -0.2) is 0 Å². The topological polar surface area (TPSA) is 37.3 Å². The number of aliphatic hydroxyl groups excluding tert-OH is 1. The Bertz CT molecular complexity index is 541. The van der Waals surface area contributed by atoms with E-state index >= 15 is 0 Å². The Labute approximate surface area is 147 Å². The number of fused-ring (bicyclic) bond motifs is 1. The maximum atomic E-state index is 11.6. The highest BCUT2D eigenvalue weighted by molar-refractivity contribution is 5.91. The first kappa shape index (κ1) is 17.7. The first-order valence-electron chi connectivity index (χ1n) is 9.87. The highest BCUT2D eigenvalue weighted by Crippen LogP contribution is 2.64. The summed E-state index contributed by atoms with van der Waals surface area (Å²) in [6, 6.07) is 0. The lowest BCUT2D eigenvalue weighted by Crippen LogP contribution is -2.24. The summed E-state index contributed by atoms with van der Waals surface area (Å²) >= 11 is 0. The van der Waals surface area contributed by atoms with Crippen LogP contribution in [-0.2, 0) is 4.79 Å². The number of hydrogen-bond donors (Lipinski definition) is 1. The predicted molar refractivity (Wildman–Crippen MR) is 97.2 cm³/mol. The zero-order chi connectivity index (χ0) is 17.2. The Balaban J connectivity index is 1.39. The normalized spacial score (nSPS) is 36.0. The van der Waals surface area contributed by atoms with Gasteiger partial charge in [-0.15, -0.1) is 12.3 Å². The van der Waals surface area contributed by atoms with Crippen LogP contribution in [0.25, 0.3) is 0 Å². The van der Waals surface area contributed by atoms with Crippen molar-refractivity contribution in [3.05, 3.63) is 11.6 Å². The van der Waals surface area contributed by atoms with Crippen molar-refractivity contribution in [2.24, 2.45) is 29.1 Å². The minimum absolute atomic E-state index is 0.180. The third kappa shape index (κ3) is 3.77. The molecule has 0 amide bonds. The van der Waals surface area contributed by atoms with Gasteiger partial charge < -0.3 is 5.11 Å². The van der Waals surface area contributed by atoms with E-state index < -0.39 is 0 Å². The number of ketones is 1. The first-order chi connectivity index (χ1) is 11.6. The van der Waals surface area contributed by atoms with E-state index in [-0.39, 0.29) is 18.3 Å². The molecule has 2 heteroatoms. The maximum absolute atomic E-state index is 11.6. The van der Waals surface area contributed by atoms with Gasteiger partial charge in [-0.2, -0.15) is 0 Å². The fourth-order valence-corrected chi connectivity index (χ4v) is 5.37. The summed E-state index contributed by atoms with van der Waals surface area (Å²) in [4.78, 5) is 11.6. The molecule has 132 valence electrons. The van der Waals surface area contributed by atoms with Gasteiger partial charge in [0, 0.05) is 24.9 Å². The van der Waals surface area contributed by atoms with E-state index in [1.165, 1.54) is 37.7 Å². The molecule has 2 saturated carbocycles. The van der Waals surface area contributed by atoms with Crippen molar-refractivity contribution in [2.75, 3.05) is 6.61 Å². The fraction of sp³-hybridized carbons (Fsp3) is 0.773. The maximum Gasteiger partial charge on any atom is 0.155 e. The van der Waals surface area contributed by atoms with Gasteiger partial charge in [-0.1, -0.05) is 31.8 Å². The van der Waals surface area contributed by atoms with E-state index in [2.05, 4.69) is 12.8 Å². The van der Waals surface area contributed by atoms with Gasteiger partial charge in [0.2, 0.25) is 0 Å². The molecule has 0 aromatic heterocycles. The monoisotopic (exact) mass is 328 g/mol. The Kier molecular flexibility index (Phi) is 5.50. The average Bonchev–Trinajstić information content (AvgIpc) is 3.23. The molecular weight excluding hydrogens is 296 g/mol. The largest absolute Gasteiger partial charge is 0.396 e. The van der Waals surface area contributed by atoms with Gasteiger partial charge in [0.05, 0.1) is 0 Å². The predicted octanol–water partition coefficient (Wildman–Crippen LogP) is 4.52. The third-order valence-electron chi connectivity index (χ3n) is 6.84. The van der Waals surface area contributed by atoms with Crippen molar-refractivity contribution in [3.63, 3.8) is 0 Å². The van der Waals surface area contributed by atoms with Crippen molar-refractivity contribution in [3.8, 4) is 12.3 Å². The molecular formula is C22H32O2. The molecule has 3 aliphatic rings. The van der Waals surface area contributed by atoms with E-state index in [1.54, 1.807) is 6.08 Å². The van der Waals surface area contributed by atoms with Crippen molar-refractivity contribution in [1.29, 1.82) is 0 Å². The van der Waals surface area contributed by atoms with Crippen LogP contribution in [-0.4, -0.2) is 17.5 Å². The van der Waals surface area contributed by atoms with E-state index in [0.717, 1.165) is 37.5 Å². The van der Waals surface area contributed by atoms with Crippen LogP contribution in [0, 0.1) is 41.4 Å². The Morgan fingerprint density at radius 1 is 1.38 bits per heavy atom. The van der Waals surface area contributed by atoms with Crippen LogP contribution >= 0.6 is 0 Å². The molecule has 0 aliphatic heterocycles. The van der Waals surface area contributed by atoms with Crippen LogP contribution in [0.5, 0.6) is 0 Å². The zero-order valence-corrected chi connectivity index (χ0v) is 15.1. The molecule has 5 atom stereocenters. The van der Waals surface area contributed by atoms with Crippen LogP contribution in [0.15, 0.2) is 11.6 Å². The van der Waals surface area contributed by atoms with Crippen molar-refractivity contribution in [2.45, 2.75) is 71.1 Å². The summed E-state index contributed by atoms with van der Waals surface area (Å²) < 4.78 is 0. The number of terminal acetylenes is 1. The molecule has 2 fully saturated rings. The van der Waals surface area contributed by atoms with E-state index in [0.29, 0.717) is 17.8 Å². The number of allylic oxidation sites excluding steroid dienone is 1. The minimum atomic E-state index is 0.180. The van der Waals surface area contributed by atoms with Crippen LogP contribution in [0.4, 0.5) is 0 Å². The van der Waals surface area contributed by atoms with Gasteiger partial charge in [0.15, 0.2) is 5.78 Å². The first-order valence-corrected chi connectivity index (χ1v) is 9.87. The molecule has 3 rings (SSSR count). The molecule has 0 aromatic rings. The number of carbonyl (C=O) groups excluding carboxylic acids is 1. The molecule has 0 unspecified atom stereocenters. The Morgan fingerprint density at radius 3 is 2.92 bits per heavy atom. The van der Waals surface area contributed by atoms with E-state index in [9.17, 15) is 9.90 Å². The molecule has 0 saturated heterocycles. The lowest BCUT2D eigenvalue weighted by atomic mass is 9.73. The smallest absolute Gasteiger partial charge is 0.155 e. The molecule has 0 radical (unpaired) electrons. The number of carbonyl (C=O) groups is 1.